The SMILES string of the molecule is C=Cc1ncc(O[C@H]2CN3c4cc(Cl)nnc4NC[C@@]3(CC)C2)c(C)c1C. The third kappa shape index (κ3) is 2.92. The van der Waals surface area contributed by atoms with Gasteiger partial charge in [-0.3, -0.25) is 4.98 Å². The largest absolute Gasteiger partial charge is 0.487 e. The summed E-state index contributed by atoms with van der Waals surface area (Å²) in [6.07, 6.45) is 5.59. The molecule has 7 heteroatoms. The van der Waals surface area contributed by atoms with Crippen molar-refractivity contribution in [2.75, 3.05) is 23.3 Å². The highest BCUT2D eigenvalue weighted by atomic mass is 35.5. The molecule has 0 aromatic carbocycles. The summed E-state index contributed by atoms with van der Waals surface area (Å²) in [5.74, 6) is 1.63. The molecule has 142 valence electrons. The van der Waals surface area contributed by atoms with Gasteiger partial charge in [0.15, 0.2) is 11.0 Å². The zero-order valence-electron chi connectivity index (χ0n) is 15.9. The predicted molar refractivity (Wildman–Crippen MR) is 109 cm³/mol. The van der Waals surface area contributed by atoms with E-state index in [0.717, 1.165) is 60.0 Å². The average molecular weight is 386 g/mol. The van der Waals surface area contributed by atoms with Crippen molar-refractivity contribution < 1.29 is 4.74 Å². The molecule has 0 radical (unpaired) electrons. The lowest BCUT2D eigenvalue weighted by molar-refractivity contribution is 0.208. The third-order valence-electron chi connectivity index (χ3n) is 5.97. The van der Waals surface area contributed by atoms with Gasteiger partial charge in [-0.15, -0.1) is 10.2 Å². The molecule has 2 atom stereocenters. The first-order chi connectivity index (χ1) is 13.0. The van der Waals surface area contributed by atoms with Crippen LogP contribution < -0.4 is 15.0 Å². The Balaban J connectivity index is 1.63. The van der Waals surface area contributed by atoms with Crippen LogP contribution in [0.1, 0.15) is 36.6 Å². The molecule has 4 heterocycles. The van der Waals surface area contributed by atoms with Gasteiger partial charge < -0.3 is 15.0 Å². The summed E-state index contributed by atoms with van der Waals surface area (Å²) >= 11 is 6.11. The molecule has 27 heavy (non-hydrogen) atoms. The first kappa shape index (κ1) is 18.0. The summed E-state index contributed by atoms with van der Waals surface area (Å²) in [6.45, 7) is 11.8. The molecule has 2 aromatic heterocycles. The summed E-state index contributed by atoms with van der Waals surface area (Å²) in [4.78, 5) is 6.86. The molecule has 2 aliphatic rings. The van der Waals surface area contributed by atoms with E-state index in [-0.39, 0.29) is 11.6 Å². The Morgan fingerprint density at radius 1 is 1.41 bits per heavy atom. The molecule has 4 rings (SSSR count). The van der Waals surface area contributed by atoms with Crippen LogP contribution in [-0.4, -0.2) is 39.9 Å². The number of nitrogens with one attached hydrogen (secondary N) is 1. The lowest BCUT2D eigenvalue weighted by atomic mass is 9.90. The monoisotopic (exact) mass is 385 g/mol. The van der Waals surface area contributed by atoms with E-state index >= 15 is 0 Å². The van der Waals surface area contributed by atoms with Crippen LogP contribution in [0.3, 0.4) is 0 Å². The highest BCUT2D eigenvalue weighted by molar-refractivity contribution is 6.29. The second kappa shape index (κ2) is 6.68. The molecule has 1 N–H and O–H groups in total. The number of rotatable bonds is 4. The van der Waals surface area contributed by atoms with Crippen LogP contribution in [-0.2, 0) is 0 Å². The number of anilines is 2. The maximum Gasteiger partial charge on any atom is 0.172 e. The Morgan fingerprint density at radius 2 is 2.22 bits per heavy atom. The number of fused-ring (bicyclic) bond motifs is 3. The van der Waals surface area contributed by atoms with Crippen LogP contribution in [0.5, 0.6) is 5.75 Å². The smallest absolute Gasteiger partial charge is 0.172 e. The zero-order chi connectivity index (χ0) is 19.2. The Morgan fingerprint density at radius 3 is 2.96 bits per heavy atom. The van der Waals surface area contributed by atoms with Crippen molar-refractivity contribution in [2.45, 2.75) is 45.3 Å². The van der Waals surface area contributed by atoms with Crippen molar-refractivity contribution in [1.29, 1.82) is 0 Å². The molecule has 0 saturated carbocycles. The quantitative estimate of drug-likeness (QED) is 0.857. The molecule has 0 aliphatic carbocycles. The molecule has 0 spiro atoms. The fourth-order valence-electron chi connectivity index (χ4n) is 4.20. The van der Waals surface area contributed by atoms with Gasteiger partial charge in [0.1, 0.15) is 11.9 Å². The summed E-state index contributed by atoms with van der Waals surface area (Å²) in [5, 5.41) is 12.0. The Hall–Kier alpha value is -2.34. The molecular formula is C20H24ClN5O. The van der Waals surface area contributed by atoms with Crippen LogP contribution in [0.25, 0.3) is 6.08 Å². The van der Waals surface area contributed by atoms with Crippen molar-refractivity contribution in [3.63, 3.8) is 0 Å². The number of pyridine rings is 1. The van der Waals surface area contributed by atoms with E-state index in [9.17, 15) is 0 Å². The number of ether oxygens (including phenoxy) is 1. The second-order valence-electron chi connectivity index (χ2n) is 7.35. The van der Waals surface area contributed by atoms with E-state index < -0.39 is 0 Å². The number of aromatic nitrogens is 3. The van der Waals surface area contributed by atoms with Gasteiger partial charge in [0.2, 0.25) is 0 Å². The topological polar surface area (TPSA) is 63.2 Å². The number of hydrogen-bond donors (Lipinski definition) is 1. The minimum absolute atomic E-state index is 0.0124. The van der Waals surface area contributed by atoms with Crippen LogP contribution in [0.15, 0.2) is 18.8 Å². The summed E-state index contributed by atoms with van der Waals surface area (Å²) < 4.78 is 6.42. The van der Waals surface area contributed by atoms with Gasteiger partial charge in [-0.25, -0.2) is 0 Å². The van der Waals surface area contributed by atoms with Crippen molar-refractivity contribution >= 4 is 29.2 Å². The van der Waals surface area contributed by atoms with E-state index in [1.54, 1.807) is 6.08 Å². The molecule has 0 amide bonds. The average Bonchev–Trinajstić information content (AvgIpc) is 3.05. The third-order valence-corrected chi connectivity index (χ3v) is 6.15. The lowest BCUT2D eigenvalue weighted by Gasteiger charge is -2.43. The van der Waals surface area contributed by atoms with Crippen molar-refractivity contribution in [1.82, 2.24) is 15.2 Å². The van der Waals surface area contributed by atoms with Crippen LogP contribution in [0.2, 0.25) is 5.15 Å². The number of hydrogen-bond acceptors (Lipinski definition) is 6. The Labute approximate surface area is 164 Å². The fraction of sp³-hybridized carbons (Fsp3) is 0.450. The number of nitrogens with zero attached hydrogens (tertiary/aromatic N) is 4. The van der Waals surface area contributed by atoms with E-state index in [4.69, 9.17) is 16.3 Å². The highest BCUT2D eigenvalue weighted by Crippen LogP contribution is 2.44. The summed E-state index contributed by atoms with van der Waals surface area (Å²) in [5.41, 5.74) is 4.11. The lowest BCUT2D eigenvalue weighted by Crippen LogP contribution is -2.52. The van der Waals surface area contributed by atoms with Crippen LogP contribution in [0, 0.1) is 13.8 Å². The van der Waals surface area contributed by atoms with Gasteiger partial charge >= 0.3 is 0 Å². The van der Waals surface area contributed by atoms with Gasteiger partial charge in [0.05, 0.1) is 29.7 Å². The second-order valence-corrected chi connectivity index (χ2v) is 7.74. The van der Waals surface area contributed by atoms with Gasteiger partial charge in [0.25, 0.3) is 0 Å². The first-order valence-corrected chi connectivity index (χ1v) is 9.65. The molecule has 6 nitrogen and oxygen atoms in total. The molecule has 0 bridgehead atoms. The molecule has 2 aliphatic heterocycles. The van der Waals surface area contributed by atoms with E-state index in [0.29, 0.717) is 5.15 Å². The number of halogens is 1. The minimum atomic E-state index is -0.0124. The van der Waals surface area contributed by atoms with Gasteiger partial charge in [-0.2, -0.15) is 0 Å². The van der Waals surface area contributed by atoms with Crippen LogP contribution >= 0.6 is 11.6 Å². The van der Waals surface area contributed by atoms with Gasteiger partial charge in [-0.1, -0.05) is 25.1 Å². The standard InChI is InChI=1S/C20H24ClN5O/c1-5-15-12(3)13(4)17(9-22-15)27-14-8-20(6-2)11-23-19-16(26(20)10-14)7-18(21)24-25-19/h5,7,9,14H,1,6,8,10-11H2,2-4H3,(H,23,25)/t14-,20-/m1/s1. The fourth-order valence-corrected chi connectivity index (χ4v) is 4.34. The van der Waals surface area contributed by atoms with Crippen LogP contribution in [0.4, 0.5) is 11.5 Å². The van der Waals surface area contributed by atoms with E-state index in [1.165, 1.54) is 0 Å². The molecule has 0 unspecified atom stereocenters. The molecule has 1 saturated heterocycles. The highest BCUT2D eigenvalue weighted by Gasteiger charge is 2.48. The van der Waals surface area contributed by atoms with Crippen molar-refractivity contribution in [3.05, 3.63) is 40.8 Å². The minimum Gasteiger partial charge on any atom is -0.487 e. The maximum atomic E-state index is 6.42. The van der Waals surface area contributed by atoms with E-state index in [2.05, 4.69) is 52.7 Å². The molecular weight excluding hydrogens is 362 g/mol. The molecule has 2 aromatic rings. The van der Waals surface area contributed by atoms with Crippen molar-refractivity contribution in [3.8, 4) is 5.75 Å². The maximum absolute atomic E-state index is 6.42. The first-order valence-electron chi connectivity index (χ1n) is 9.27. The Kier molecular flexibility index (Phi) is 4.46. The summed E-state index contributed by atoms with van der Waals surface area (Å²) in [6, 6.07) is 1.89. The predicted octanol–water partition coefficient (Wildman–Crippen LogP) is 4.02. The van der Waals surface area contributed by atoms with E-state index in [1.807, 2.05) is 12.3 Å². The normalized spacial score (nSPS) is 23.4. The Bertz CT molecular complexity index is 902. The van der Waals surface area contributed by atoms with Gasteiger partial charge in [0, 0.05) is 19.0 Å². The van der Waals surface area contributed by atoms with Crippen molar-refractivity contribution in [2.24, 2.45) is 0 Å². The summed E-state index contributed by atoms with van der Waals surface area (Å²) in [7, 11) is 0. The zero-order valence-corrected chi connectivity index (χ0v) is 16.7. The molecule has 1 fully saturated rings. The van der Waals surface area contributed by atoms with Gasteiger partial charge in [-0.05, 0) is 37.5 Å².